The molecule has 0 spiro atoms. The summed E-state index contributed by atoms with van der Waals surface area (Å²) in [6.45, 7) is 3.96. The maximum Gasteiger partial charge on any atom is 0.416 e. The topological polar surface area (TPSA) is 32.3 Å². The van der Waals surface area contributed by atoms with Gasteiger partial charge in [0.2, 0.25) is 5.91 Å². The SMILES string of the molecule is CC1CN(C(=O)C2(c3cccc(C(F)(F)F)c3)CC2)CCN1. The molecule has 1 saturated carbocycles. The normalized spacial score (nSPS) is 24.2. The highest BCUT2D eigenvalue weighted by Gasteiger charge is 2.53. The van der Waals surface area contributed by atoms with Crippen LogP contribution < -0.4 is 5.32 Å². The fraction of sp³-hybridized carbons (Fsp3) is 0.562. The summed E-state index contributed by atoms with van der Waals surface area (Å²) in [6, 6.07) is 5.44. The zero-order chi connectivity index (χ0) is 16.0. The Morgan fingerprint density at radius 2 is 2.09 bits per heavy atom. The molecule has 120 valence electrons. The first-order valence-electron chi connectivity index (χ1n) is 7.53. The number of carbonyl (C=O) groups excluding carboxylic acids is 1. The van der Waals surface area contributed by atoms with Crippen LogP contribution in [0.5, 0.6) is 0 Å². The third-order valence-corrected chi connectivity index (χ3v) is 4.56. The van der Waals surface area contributed by atoms with Crippen molar-refractivity contribution in [1.29, 1.82) is 0 Å². The van der Waals surface area contributed by atoms with Gasteiger partial charge < -0.3 is 10.2 Å². The summed E-state index contributed by atoms with van der Waals surface area (Å²) in [5.41, 5.74) is -0.922. The predicted molar refractivity (Wildman–Crippen MR) is 76.4 cm³/mol. The van der Waals surface area contributed by atoms with E-state index < -0.39 is 17.2 Å². The van der Waals surface area contributed by atoms with E-state index in [2.05, 4.69) is 5.32 Å². The lowest BCUT2D eigenvalue weighted by molar-refractivity contribution is -0.138. The summed E-state index contributed by atoms with van der Waals surface area (Å²) in [6.07, 6.45) is -3.12. The standard InChI is InChI=1S/C16H19F3N2O/c1-11-10-21(8-7-20-11)14(22)15(5-6-15)12-3-2-4-13(9-12)16(17,18)19/h2-4,9,11,20H,5-8,10H2,1H3. The van der Waals surface area contributed by atoms with Crippen molar-refractivity contribution < 1.29 is 18.0 Å². The second-order valence-electron chi connectivity index (χ2n) is 6.27. The van der Waals surface area contributed by atoms with E-state index in [-0.39, 0.29) is 11.9 Å². The molecule has 1 unspecified atom stereocenters. The van der Waals surface area contributed by atoms with Gasteiger partial charge in [0.15, 0.2) is 0 Å². The number of nitrogens with one attached hydrogen (secondary N) is 1. The number of hydrogen-bond donors (Lipinski definition) is 1. The smallest absolute Gasteiger partial charge is 0.339 e. The van der Waals surface area contributed by atoms with Crippen LogP contribution in [0.2, 0.25) is 0 Å². The summed E-state index contributed by atoms with van der Waals surface area (Å²) in [5.74, 6) is -0.0276. The molecular weight excluding hydrogens is 293 g/mol. The molecule has 1 N–H and O–H groups in total. The highest BCUT2D eigenvalue weighted by atomic mass is 19.4. The van der Waals surface area contributed by atoms with Crippen LogP contribution in [-0.2, 0) is 16.4 Å². The van der Waals surface area contributed by atoms with Crippen LogP contribution in [0.4, 0.5) is 13.2 Å². The zero-order valence-electron chi connectivity index (χ0n) is 12.4. The van der Waals surface area contributed by atoms with E-state index in [9.17, 15) is 18.0 Å². The average Bonchev–Trinajstić information content (AvgIpc) is 3.27. The molecule has 0 bridgehead atoms. The van der Waals surface area contributed by atoms with E-state index in [1.165, 1.54) is 6.07 Å². The third kappa shape index (κ3) is 2.72. The maximum absolute atomic E-state index is 12.9. The maximum atomic E-state index is 12.9. The Hall–Kier alpha value is -1.56. The van der Waals surface area contributed by atoms with E-state index in [1.54, 1.807) is 11.0 Å². The van der Waals surface area contributed by atoms with Crippen molar-refractivity contribution in [2.45, 2.75) is 37.4 Å². The fourth-order valence-corrected chi connectivity index (χ4v) is 3.16. The number of alkyl halides is 3. The number of piperazine rings is 1. The number of hydrogen-bond acceptors (Lipinski definition) is 2. The van der Waals surface area contributed by atoms with Crippen molar-refractivity contribution in [1.82, 2.24) is 10.2 Å². The van der Waals surface area contributed by atoms with Gasteiger partial charge in [-0.2, -0.15) is 13.2 Å². The van der Waals surface area contributed by atoms with Gasteiger partial charge in [-0.1, -0.05) is 18.2 Å². The van der Waals surface area contributed by atoms with Gasteiger partial charge in [0.1, 0.15) is 0 Å². The van der Waals surface area contributed by atoms with E-state index in [1.807, 2.05) is 6.92 Å². The predicted octanol–water partition coefficient (Wildman–Crippen LogP) is 2.56. The molecule has 1 amide bonds. The minimum absolute atomic E-state index is 0.0276. The average molecular weight is 312 g/mol. The molecule has 1 aromatic rings. The number of benzene rings is 1. The third-order valence-electron chi connectivity index (χ3n) is 4.56. The van der Waals surface area contributed by atoms with E-state index in [4.69, 9.17) is 0 Å². The molecule has 0 aromatic heterocycles. The van der Waals surface area contributed by atoms with Gasteiger partial charge in [0, 0.05) is 25.7 Å². The van der Waals surface area contributed by atoms with Crippen LogP contribution >= 0.6 is 0 Å². The van der Waals surface area contributed by atoms with Gasteiger partial charge in [-0.15, -0.1) is 0 Å². The van der Waals surface area contributed by atoms with Crippen molar-refractivity contribution in [3.8, 4) is 0 Å². The molecule has 3 rings (SSSR count). The molecule has 0 radical (unpaired) electrons. The summed E-state index contributed by atoms with van der Waals surface area (Å²) >= 11 is 0. The largest absolute Gasteiger partial charge is 0.416 e. The van der Waals surface area contributed by atoms with Crippen molar-refractivity contribution in [3.63, 3.8) is 0 Å². The first-order chi connectivity index (χ1) is 10.3. The lowest BCUT2D eigenvalue weighted by atomic mass is 9.92. The van der Waals surface area contributed by atoms with Crippen LogP contribution in [0.1, 0.15) is 30.9 Å². The van der Waals surface area contributed by atoms with E-state index in [0.717, 1.165) is 18.7 Å². The second-order valence-corrected chi connectivity index (χ2v) is 6.27. The Labute approximate surface area is 127 Å². The number of halogens is 3. The van der Waals surface area contributed by atoms with Crippen LogP contribution in [0.15, 0.2) is 24.3 Å². The summed E-state index contributed by atoms with van der Waals surface area (Å²) in [5, 5.41) is 3.26. The van der Waals surface area contributed by atoms with Crippen LogP contribution in [0.3, 0.4) is 0 Å². The van der Waals surface area contributed by atoms with Gasteiger partial charge in [0.25, 0.3) is 0 Å². The number of nitrogens with zero attached hydrogens (tertiary/aromatic N) is 1. The molecule has 22 heavy (non-hydrogen) atoms. The highest BCUT2D eigenvalue weighted by molar-refractivity contribution is 5.91. The minimum Gasteiger partial charge on any atom is -0.339 e. The number of carbonyl (C=O) groups is 1. The Morgan fingerprint density at radius 1 is 1.36 bits per heavy atom. The Bertz CT molecular complexity index is 581. The van der Waals surface area contributed by atoms with Crippen LogP contribution in [0.25, 0.3) is 0 Å². The van der Waals surface area contributed by atoms with E-state index in [0.29, 0.717) is 31.5 Å². The summed E-state index contributed by atoms with van der Waals surface area (Å²) in [7, 11) is 0. The van der Waals surface area contributed by atoms with Gasteiger partial charge in [-0.3, -0.25) is 4.79 Å². The van der Waals surface area contributed by atoms with Crippen LogP contribution in [0, 0.1) is 0 Å². The van der Waals surface area contributed by atoms with Gasteiger partial charge in [-0.25, -0.2) is 0 Å². The van der Waals surface area contributed by atoms with E-state index >= 15 is 0 Å². The quantitative estimate of drug-likeness (QED) is 0.910. The number of rotatable bonds is 2. The van der Waals surface area contributed by atoms with Gasteiger partial charge in [0.05, 0.1) is 11.0 Å². The molecule has 1 heterocycles. The zero-order valence-corrected chi connectivity index (χ0v) is 12.4. The first kappa shape index (κ1) is 15.3. The molecular formula is C16H19F3N2O. The summed E-state index contributed by atoms with van der Waals surface area (Å²) in [4.78, 5) is 14.6. The van der Waals surface area contributed by atoms with Crippen LogP contribution in [-0.4, -0.2) is 36.5 Å². The van der Waals surface area contributed by atoms with Crippen molar-refractivity contribution in [2.75, 3.05) is 19.6 Å². The molecule has 2 aliphatic rings. The molecule has 6 heteroatoms. The lowest BCUT2D eigenvalue weighted by Crippen LogP contribution is -2.53. The second kappa shape index (κ2) is 5.26. The Kier molecular flexibility index (Phi) is 3.67. The molecule has 3 nitrogen and oxygen atoms in total. The van der Waals surface area contributed by atoms with Crippen molar-refractivity contribution in [3.05, 3.63) is 35.4 Å². The molecule has 1 aliphatic heterocycles. The fourth-order valence-electron chi connectivity index (χ4n) is 3.16. The molecule has 1 aliphatic carbocycles. The first-order valence-corrected chi connectivity index (χ1v) is 7.53. The monoisotopic (exact) mass is 312 g/mol. The lowest BCUT2D eigenvalue weighted by Gasteiger charge is -2.34. The molecule has 1 saturated heterocycles. The highest BCUT2D eigenvalue weighted by Crippen LogP contribution is 2.50. The van der Waals surface area contributed by atoms with Gasteiger partial charge >= 0.3 is 6.18 Å². The van der Waals surface area contributed by atoms with Crippen molar-refractivity contribution in [2.24, 2.45) is 0 Å². The number of amides is 1. The Balaban J connectivity index is 1.86. The molecule has 1 aromatic carbocycles. The van der Waals surface area contributed by atoms with Gasteiger partial charge in [-0.05, 0) is 31.4 Å². The Morgan fingerprint density at radius 3 is 2.68 bits per heavy atom. The minimum atomic E-state index is -4.38. The van der Waals surface area contributed by atoms with Crippen molar-refractivity contribution >= 4 is 5.91 Å². The summed E-state index contributed by atoms with van der Waals surface area (Å²) < 4.78 is 38.6. The molecule has 1 atom stereocenters. The molecule has 2 fully saturated rings.